The highest BCUT2D eigenvalue weighted by Crippen LogP contribution is 2.33. The van der Waals surface area contributed by atoms with Crippen molar-refractivity contribution in [2.45, 2.75) is 63.4 Å². The molecule has 24 heavy (non-hydrogen) atoms. The Kier molecular flexibility index (Phi) is 6.35. The van der Waals surface area contributed by atoms with Crippen LogP contribution in [0, 0.1) is 17.8 Å². The van der Waals surface area contributed by atoms with Gasteiger partial charge in [0, 0.05) is 18.0 Å². The third kappa shape index (κ3) is 4.85. The predicted molar refractivity (Wildman–Crippen MR) is 99.8 cm³/mol. The molecule has 0 aromatic heterocycles. The van der Waals surface area contributed by atoms with Crippen molar-refractivity contribution in [3.05, 3.63) is 35.9 Å². The van der Waals surface area contributed by atoms with Crippen LogP contribution in [0.25, 0.3) is 0 Å². The fourth-order valence-electron chi connectivity index (χ4n) is 4.14. The van der Waals surface area contributed by atoms with Crippen LogP contribution >= 0.6 is 0 Å². The third-order valence-corrected chi connectivity index (χ3v) is 5.66. The first-order chi connectivity index (χ1) is 11.8. The van der Waals surface area contributed by atoms with Gasteiger partial charge in [0.2, 0.25) is 0 Å². The van der Waals surface area contributed by atoms with E-state index in [1.54, 1.807) is 0 Å². The SMILES string of the molecule is OC1(C#Cc2ccccc2)CCCCCC1CN1CCCCCC1. The Hall–Kier alpha value is -1.30. The van der Waals surface area contributed by atoms with Crippen LogP contribution in [0.3, 0.4) is 0 Å². The van der Waals surface area contributed by atoms with Crippen LogP contribution in [0.15, 0.2) is 30.3 Å². The van der Waals surface area contributed by atoms with Crippen LogP contribution in [0.4, 0.5) is 0 Å². The van der Waals surface area contributed by atoms with Gasteiger partial charge in [-0.15, -0.1) is 0 Å². The minimum absolute atomic E-state index is 0.286. The molecule has 1 heterocycles. The van der Waals surface area contributed by atoms with Gasteiger partial charge in [0.15, 0.2) is 0 Å². The number of hydrogen-bond acceptors (Lipinski definition) is 2. The Morgan fingerprint density at radius 3 is 2.42 bits per heavy atom. The second kappa shape index (κ2) is 8.70. The first-order valence-electron chi connectivity index (χ1n) is 9.79. The molecule has 2 fully saturated rings. The van der Waals surface area contributed by atoms with Crippen molar-refractivity contribution in [2.24, 2.45) is 5.92 Å². The lowest BCUT2D eigenvalue weighted by molar-refractivity contribution is 0.0138. The molecule has 2 nitrogen and oxygen atoms in total. The number of rotatable bonds is 2. The monoisotopic (exact) mass is 325 g/mol. The summed E-state index contributed by atoms with van der Waals surface area (Å²) in [5, 5.41) is 11.4. The van der Waals surface area contributed by atoms with E-state index in [0.717, 1.165) is 31.4 Å². The average molecular weight is 325 g/mol. The Labute approximate surface area is 147 Å². The van der Waals surface area contributed by atoms with E-state index in [4.69, 9.17) is 0 Å². The van der Waals surface area contributed by atoms with Gasteiger partial charge in [-0.1, -0.05) is 55.7 Å². The van der Waals surface area contributed by atoms with E-state index in [2.05, 4.69) is 16.7 Å². The summed E-state index contributed by atoms with van der Waals surface area (Å²) in [4.78, 5) is 2.58. The molecule has 1 aromatic rings. The predicted octanol–water partition coefficient (Wildman–Crippen LogP) is 4.23. The maximum Gasteiger partial charge on any atom is 0.129 e. The molecule has 1 aliphatic heterocycles. The summed E-state index contributed by atoms with van der Waals surface area (Å²) in [6.45, 7) is 3.40. The van der Waals surface area contributed by atoms with E-state index < -0.39 is 5.60 Å². The van der Waals surface area contributed by atoms with Gasteiger partial charge in [-0.3, -0.25) is 0 Å². The lowest BCUT2D eigenvalue weighted by Gasteiger charge is -2.34. The molecule has 1 N–H and O–H groups in total. The van der Waals surface area contributed by atoms with Crippen LogP contribution in [-0.4, -0.2) is 35.2 Å². The van der Waals surface area contributed by atoms with E-state index in [9.17, 15) is 5.11 Å². The zero-order valence-electron chi connectivity index (χ0n) is 14.8. The molecule has 130 valence electrons. The molecule has 1 saturated heterocycles. The van der Waals surface area contributed by atoms with Crippen LogP contribution in [0.1, 0.15) is 63.4 Å². The van der Waals surface area contributed by atoms with Crippen LogP contribution in [-0.2, 0) is 0 Å². The molecule has 0 amide bonds. The van der Waals surface area contributed by atoms with E-state index in [1.165, 1.54) is 51.6 Å². The maximum atomic E-state index is 11.4. The summed E-state index contributed by atoms with van der Waals surface area (Å²) in [6, 6.07) is 10.1. The molecule has 0 spiro atoms. The topological polar surface area (TPSA) is 23.5 Å². The number of nitrogens with zero attached hydrogens (tertiary/aromatic N) is 1. The van der Waals surface area contributed by atoms with Crippen molar-refractivity contribution in [3.8, 4) is 11.8 Å². The van der Waals surface area contributed by atoms with Gasteiger partial charge in [0.1, 0.15) is 5.60 Å². The molecule has 1 aliphatic carbocycles. The van der Waals surface area contributed by atoms with E-state index in [0.29, 0.717) is 0 Å². The summed E-state index contributed by atoms with van der Waals surface area (Å²) in [7, 11) is 0. The second-order valence-electron chi connectivity index (χ2n) is 7.55. The third-order valence-electron chi connectivity index (χ3n) is 5.66. The molecule has 1 saturated carbocycles. The molecule has 0 radical (unpaired) electrons. The first kappa shape index (κ1) is 17.5. The second-order valence-corrected chi connectivity index (χ2v) is 7.55. The summed E-state index contributed by atoms with van der Waals surface area (Å²) in [5.74, 6) is 6.82. The van der Waals surface area contributed by atoms with Crippen LogP contribution in [0.5, 0.6) is 0 Å². The Balaban J connectivity index is 1.74. The van der Waals surface area contributed by atoms with Crippen molar-refractivity contribution < 1.29 is 5.11 Å². The van der Waals surface area contributed by atoms with Crippen molar-refractivity contribution in [3.63, 3.8) is 0 Å². The van der Waals surface area contributed by atoms with Crippen molar-refractivity contribution in [1.82, 2.24) is 4.90 Å². The molecule has 3 rings (SSSR count). The fourth-order valence-corrected chi connectivity index (χ4v) is 4.14. The van der Waals surface area contributed by atoms with Crippen LogP contribution in [0.2, 0.25) is 0 Å². The molecule has 1 aromatic carbocycles. The number of aliphatic hydroxyl groups is 1. The van der Waals surface area contributed by atoms with Gasteiger partial charge in [-0.25, -0.2) is 0 Å². The quantitative estimate of drug-likeness (QED) is 0.650. The Bertz CT molecular complexity index is 550. The van der Waals surface area contributed by atoms with Crippen molar-refractivity contribution >= 4 is 0 Å². The largest absolute Gasteiger partial charge is 0.377 e. The van der Waals surface area contributed by atoms with Gasteiger partial charge < -0.3 is 10.0 Å². The Morgan fingerprint density at radius 1 is 0.958 bits per heavy atom. The minimum atomic E-state index is -0.821. The smallest absolute Gasteiger partial charge is 0.129 e. The number of likely N-dealkylation sites (tertiary alicyclic amines) is 1. The first-order valence-corrected chi connectivity index (χ1v) is 9.79. The molecular formula is C22H31NO. The normalized spacial score (nSPS) is 29.1. The minimum Gasteiger partial charge on any atom is -0.377 e. The summed E-state index contributed by atoms with van der Waals surface area (Å²) < 4.78 is 0. The van der Waals surface area contributed by atoms with Gasteiger partial charge in [0.25, 0.3) is 0 Å². The van der Waals surface area contributed by atoms with Crippen LogP contribution < -0.4 is 0 Å². The molecule has 2 heteroatoms. The molecule has 2 aliphatic rings. The lowest BCUT2D eigenvalue weighted by Crippen LogP contribution is -2.43. The molecule has 0 bridgehead atoms. The maximum absolute atomic E-state index is 11.4. The standard InChI is InChI=1S/C22H31NO/c24-22(16-14-20-11-5-3-6-12-20)15-8-4-7-13-21(22)19-23-17-9-1-2-10-18-23/h3,5-6,11-12,21,24H,1-2,4,7-10,13,15,17-19H2. The van der Waals surface area contributed by atoms with E-state index in [1.807, 2.05) is 30.3 Å². The number of benzene rings is 1. The summed E-state index contributed by atoms with van der Waals surface area (Å²) in [5.41, 5.74) is 0.183. The van der Waals surface area contributed by atoms with Crippen molar-refractivity contribution in [1.29, 1.82) is 0 Å². The zero-order valence-corrected chi connectivity index (χ0v) is 14.8. The highest BCUT2D eigenvalue weighted by atomic mass is 16.3. The Morgan fingerprint density at radius 2 is 1.67 bits per heavy atom. The highest BCUT2D eigenvalue weighted by molar-refractivity contribution is 5.36. The van der Waals surface area contributed by atoms with Crippen molar-refractivity contribution in [2.75, 3.05) is 19.6 Å². The molecule has 2 atom stereocenters. The lowest BCUT2D eigenvalue weighted by atomic mass is 9.83. The summed E-state index contributed by atoms with van der Waals surface area (Å²) in [6.07, 6.45) is 10.8. The molecule has 2 unspecified atom stereocenters. The average Bonchev–Trinajstić information content (AvgIpc) is 2.97. The van der Waals surface area contributed by atoms with Gasteiger partial charge >= 0.3 is 0 Å². The molecular weight excluding hydrogens is 294 g/mol. The van der Waals surface area contributed by atoms with Gasteiger partial charge in [-0.05, 0) is 57.3 Å². The van der Waals surface area contributed by atoms with Gasteiger partial charge in [0.05, 0.1) is 0 Å². The van der Waals surface area contributed by atoms with Gasteiger partial charge in [-0.2, -0.15) is 0 Å². The van der Waals surface area contributed by atoms with E-state index in [-0.39, 0.29) is 5.92 Å². The highest BCUT2D eigenvalue weighted by Gasteiger charge is 2.37. The fraction of sp³-hybridized carbons (Fsp3) is 0.636. The van der Waals surface area contributed by atoms with E-state index >= 15 is 0 Å². The zero-order chi connectivity index (χ0) is 16.7. The number of hydrogen-bond donors (Lipinski definition) is 1. The summed E-state index contributed by atoms with van der Waals surface area (Å²) >= 11 is 0.